The van der Waals surface area contributed by atoms with Gasteiger partial charge in [-0.15, -0.1) is 0 Å². The molecular formula is C14H30N2. The molecule has 1 heterocycles. The van der Waals surface area contributed by atoms with Gasteiger partial charge in [-0.05, 0) is 45.7 Å². The van der Waals surface area contributed by atoms with Gasteiger partial charge in [0.1, 0.15) is 0 Å². The van der Waals surface area contributed by atoms with Crippen molar-refractivity contribution in [3.8, 4) is 0 Å². The maximum Gasteiger partial charge on any atom is 0.0125 e. The largest absolute Gasteiger partial charge is 0.301 e. The van der Waals surface area contributed by atoms with E-state index >= 15 is 0 Å². The second-order valence-electron chi connectivity index (χ2n) is 7.35. The summed E-state index contributed by atoms with van der Waals surface area (Å²) in [6.07, 6.45) is 1.31. The molecule has 0 aromatic heterocycles. The zero-order valence-corrected chi connectivity index (χ0v) is 12.1. The molecule has 2 heteroatoms. The predicted octanol–water partition coefficient (Wildman–Crippen LogP) is 2.84. The Morgan fingerprint density at radius 3 is 1.94 bits per heavy atom. The topological polar surface area (TPSA) is 6.48 Å². The molecule has 0 bridgehead atoms. The molecule has 1 saturated heterocycles. The maximum absolute atomic E-state index is 2.63. The van der Waals surface area contributed by atoms with Crippen molar-refractivity contribution in [1.29, 1.82) is 0 Å². The molecule has 1 aliphatic heterocycles. The lowest BCUT2D eigenvalue weighted by molar-refractivity contribution is 0.135. The summed E-state index contributed by atoms with van der Waals surface area (Å²) in [5.74, 6) is 0. The molecule has 0 aliphatic carbocycles. The van der Waals surface area contributed by atoms with Gasteiger partial charge in [0, 0.05) is 25.2 Å². The first-order chi connectivity index (χ1) is 7.18. The fourth-order valence-corrected chi connectivity index (χ4v) is 2.47. The summed E-state index contributed by atoms with van der Waals surface area (Å²) in [5, 5.41) is 0. The molecule has 96 valence electrons. The Bertz CT molecular complexity index is 210. The van der Waals surface area contributed by atoms with Crippen LogP contribution in [0.2, 0.25) is 0 Å². The summed E-state index contributed by atoms with van der Waals surface area (Å²) in [6, 6.07) is 0. The monoisotopic (exact) mass is 226 g/mol. The van der Waals surface area contributed by atoms with E-state index in [9.17, 15) is 0 Å². The Labute approximate surface area is 102 Å². The Morgan fingerprint density at radius 2 is 1.44 bits per heavy atom. The van der Waals surface area contributed by atoms with Crippen molar-refractivity contribution in [2.24, 2.45) is 5.41 Å². The maximum atomic E-state index is 2.63. The smallest absolute Gasteiger partial charge is 0.0125 e. The van der Waals surface area contributed by atoms with Gasteiger partial charge in [0.05, 0.1) is 0 Å². The first-order valence-electron chi connectivity index (χ1n) is 6.66. The van der Waals surface area contributed by atoms with Crippen LogP contribution in [-0.4, -0.2) is 48.1 Å². The molecule has 1 fully saturated rings. The molecule has 0 aromatic rings. The number of hydrogen-bond donors (Lipinski definition) is 0. The van der Waals surface area contributed by atoms with Crippen molar-refractivity contribution in [3.63, 3.8) is 0 Å². The van der Waals surface area contributed by atoms with Gasteiger partial charge in [-0.1, -0.05) is 20.8 Å². The average molecular weight is 226 g/mol. The molecule has 0 atom stereocenters. The molecule has 0 amide bonds. The molecule has 1 rings (SSSR count). The van der Waals surface area contributed by atoms with E-state index in [-0.39, 0.29) is 0 Å². The summed E-state index contributed by atoms with van der Waals surface area (Å²) in [7, 11) is 0. The second-order valence-corrected chi connectivity index (χ2v) is 7.35. The lowest BCUT2D eigenvalue weighted by Gasteiger charge is -2.35. The standard InChI is InChI=1S/C14H30N2/c1-13(2,3)12-15-8-7-9-16(11-10-15)14(4,5)6/h7-12H2,1-6H3. The fraction of sp³-hybridized carbons (Fsp3) is 1.00. The van der Waals surface area contributed by atoms with Crippen LogP contribution in [0.25, 0.3) is 0 Å². The van der Waals surface area contributed by atoms with Gasteiger partial charge in [0.15, 0.2) is 0 Å². The van der Waals surface area contributed by atoms with Crippen LogP contribution in [0, 0.1) is 5.41 Å². The van der Waals surface area contributed by atoms with Crippen LogP contribution < -0.4 is 0 Å². The summed E-state index contributed by atoms with van der Waals surface area (Å²) in [5.41, 5.74) is 0.759. The van der Waals surface area contributed by atoms with Crippen molar-refractivity contribution in [3.05, 3.63) is 0 Å². The highest BCUT2D eigenvalue weighted by Gasteiger charge is 2.25. The molecule has 0 radical (unpaired) electrons. The van der Waals surface area contributed by atoms with Crippen LogP contribution in [-0.2, 0) is 0 Å². The molecule has 0 N–H and O–H groups in total. The zero-order valence-electron chi connectivity index (χ0n) is 12.1. The number of hydrogen-bond acceptors (Lipinski definition) is 2. The Morgan fingerprint density at radius 1 is 0.812 bits per heavy atom. The summed E-state index contributed by atoms with van der Waals surface area (Å²) in [4.78, 5) is 5.25. The molecule has 0 spiro atoms. The van der Waals surface area contributed by atoms with Crippen molar-refractivity contribution < 1.29 is 0 Å². The minimum absolute atomic E-state index is 0.331. The van der Waals surface area contributed by atoms with E-state index in [0.29, 0.717) is 11.0 Å². The molecule has 0 saturated carbocycles. The lowest BCUT2D eigenvalue weighted by Crippen LogP contribution is -2.44. The number of nitrogens with zero attached hydrogens (tertiary/aromatic N) is 2. The van der Waals surface area contributed by atoms with E-state index in [2.05, 4.69) is 51.3 Å². The zero-order chi connectivity index (χ0) is 12.4. The normalized spacial score (nSPS) is 22.1. The van der Waals surface area contributed by atoms with Gasteiger partial charge in [0.2, 0.25) is 0 Å². The minimum Gasteiger partial charge on any atom is -0.301 e. The van der Waals surface area contributed by atoms with Crippen LogP contribution >= 0.6 is 0 Å². The Kier molecular flexibility index (Phi) is 4.42. The van der Waals surface area contributed by atoms with Crippen LogP contribution in [0.5, 0.6) is 0 Å². The highest BCUT2D eigenvalue weighted by atomic mass is 15.2. The quantitative estimate of drug-likeness (QED) is 0.678. The Balaban J connectivity index is 2.47. The third-order valence-corrected chi connectivity index (χ3v) is 3.24. The van der Waals surface area contributed by atoms with E-state index in [4.69, 9.17) is 0 Å². The van der Waals surface area contributed by atoms with Crippen molar-refractivity contribution in [2.45, 2.75) is 53.5 Å². The van der Waals surface area contributed by atoms with E-state index in [1.165, 1.54) is 39.1 Å². The van der Waals surface area contributed by atoms with E-state index < -0.39 is 0 Å². The van der Waals surface area contributed by atoms with Crippen LogP contribution in [0.3, 0.4) is 0 Å². The third-order valence-electron chi connectivity index (χ3n) is 3.24. The highest BCUT2D eigenvalue weighted by molar-refractivity contribution is 4.81. The van der Waals surface area contributed by atoms with Crippen LogP contribution in [0.4, 0.5) is 0 Å². The fourth-order valence-electron chi connectivity index (χ4n) is 2.47. The van der Waals surface area contributed by atoms with Gasteiger partial charge in [-0.3, -0.25) is 4.90 Å². The Hall–Kier alpha value is -0.0800. The first-order valence-corrected chi connectivity index (χ1v) is 6.66. The van der Waals surface area contributed by atoms with Crippen LogP contribution in [0.15, 0.2) is 0 Å². The first kappa shape index (κ1) is 14.0. The lowest BCUT2D eigenvalue weighted by atomic mass is 9.96. The van der Waals surface area contributed by atoms with Crippen molar-refractivity contribution in [1.82, 2.24) is 9.80 Å². The van der Waals surface area contributed by atoms with Gasteiger partial charge >= 0.3 is 0 Å². The highest BCUT2D eigenvalue weighted by Crippen LogP contribution is 2.19. The van der Waals surface area contributed by atoms with Crippen molar-refractivity contribution >= 4 is 0 Å². The molecule has 0 aromatic carbocycles. The average Bonchev–Trinajstić information content (AvgIpc) is 2.25. The van der Waals surface area contributed by atoms with Gasteiger partial charge in [-0.2, -0.15) is 0 Å². The predicted molar refractivity (Wildman–Crippen MR) is 71.8 cm³/mol. The van der Waals surface area contributed by atoms with E-state index in [1.807, 2.05) is 0 Å². The minimum atomic E-state index is 0.331. The third kappa shape index (κ3) is 4.84. The summed E-state index contributed by atoms with van der Waals surface area (Å²) >= 11 is 0. The van der Waals surface area contributed by atoms with Gasteiger partial charge in [0.25, 0.3) is 0 Å². The molecular weight excluding hydrogens is 196 g/mol. The summed E-state index contributed by atoms with van der Waals surface area (Å²) in [6.45, 7) is 20.2. The summed E-state index contributed by atoms with van der Waals surface area (Å²) < 4.78 is 0. The SMILES string of the molecule is CC(C)(C)CN1CCCN(C(C)(C)C)CC1. The van der Waals surface area contributed by atoms with Gasteiger partial charge in [-0.25, -0.2) is 0 Å². The molecule has 0 unspecified atom stereocenters. The molecule has 2 nitrogen and oxygen atoms in total. The molecule has 1 aliphatic rings. The molecule has 16 heavy (non-hydrogen) atoms. The van der Waals surface area contributed by atoms with Gasteiger partial charge < -0.3 is 4.90 Å². The second kappa shape index (κ2) is 5.05. The van der Waals surface area contributed by atoms with E-state index in [1.54, 1.807) is 0 Å². The van der Waals surface area contributed by atoms with Crippen LogP contribution in [0.1, 0.15) is 48.0 Å². The van der Waals surface area contributed by atoms with Crippen molar-refractivity contribution in [2.75, 3.05) is 32.7 Å². The van der Waals surface area contributed by atoms with E-state index in [0.717, 1.165) is 0 Å². The number of rotatable bonds is 1.